The number of sulfonamides is 1. The molecule has 0 bridgehead atoms. The number of benzene rings is 1. The molecule has 11 heteroatoms. The first kappa shape index (κ1) is 22.9. The molecule has 1 aliphatic heterocycles. The van der Waals surface area contributed by atoms with E-state index in [0.717, 1.165) is 23.9 Å². The summed E-state index contributed by atoms with van der Waals surface area (Å²) < 4.78 is 33.6. The number of esters is 1. The Bertz CT molecular complexity index is 1310. The molecule has 0 unspecified atom stereocenters. The number of aromatic nitrogens is 3. The molecule has 33 heavy (non-hydrogen) atoms. The van der Waals surface area contributed by atoms with Crippen molar-refractivity contribution in [1.82, 2.24) is 19.1 Å². The van der Waals surface area contributed by atoms with Crippen molar-refractivity contribution in [3.8, 4) is 0 Å². The Morgan fingerprint density at radius 3 is 2.48 bits per heavy atom. The standard InChI is InChI=1S/C22H25N5O5S/c1-14-19-12-16(13-23-20(19)26(3)25-14)22(29)32-15(2)21(28)24-17-6-8-18(9-7-17)33(30,31)27-10-4-5-11-27/h6-9,12-13,15H,4-5,10-11H2,1-3H3,(H,24,28)/t15-/m0/s1. The minimum absolute atomic E-state index is 0.176. The van der Waals surface area contributed by atoms with Crippen LogP contribution in [-0.2, 0) is 26.6 Å². The predicted octanol–water partition coefficient (Wildman–Crippen LogP) is 2.25. The summed E-state index contributed by atoms with van der Waals surface area (Å²) in [6.45, 7) is 4.32. The van der Waals surface area contributed by atoms with Gasteiger partial charge in [-0.1, -0.05) is 0 Å². The second-order valence-electron chi connectivity index (χ2n) is 7.98. The molecule has 4 rings (SSSR count). The predicted molar refractivity (Wildman–Crippen MR) is 121 cm³/mol. The van der Waals surface area contributed by atoms with Crippen LogP contribution in [0.1, 0.15) is 35.8 Å². The van der Waals surface area contributed by atoms with Gasteiger partial charge in [0.1, 0.15) is 0 Å². The molecule has 1 aliphatic rings. The Labute approximate surface area is 191 Å². The molecule has 1 aromatic carbocycles. The van der Waals surface area contributed by atoms with Crippen LogP contribution < -0.4 is 5.32 Å². The lowest BCUT2D eigenvalue weighted by Gasteiger charge is -2.16. The van der Waals surface area contributed by atoms with Crippen molar-refractivity contribution in [3.63, 3.8) is 0 Å². The van der Waals surface area contributed by atoms with Crippen molar-refractivity contribution >= 4 is 38.6 Å². The summed E-state index contributed by atoms with van der Waals surface area (Å²) in [4.78, 5) is 29.4. The number of anilines is 1. The highest BCUT2D eigenvalue weighted by Crippen LogP contribution is 2.22. The molecule has 0 spiro atoms. The number of amides is 1. The van der Waals surface area contributed by atoms with Crippen LogP contribution in [0, 0.1) is 6.92 Å². The van der Waals surface area contributed by atoms with Gasteiger partial charge in [0, 0.05) is 37.4 Å². The highest BCUT2D eigenvalue weighted by Gasteiger charge is 2.27. The van der Waals surface area contributed by atoms with E-state index < -0.39 is 28.0 Å². The van der Waals surface area contributed by atoms with Crippen LogP contribution in [0.3, 0.4) is 0 Å². The zero-order valence-electron chi connectivity index (χ0n) is 18.6. The first-order valence-corrected chi connectivity index (χ1v) is 12.0. The molecular formula is C22H25N5O5S. The fourth-order valence-corrected chi connectivity index (χ4v) is 5.25. The molecule has 3 heterocycles. The van der Waals surface area contributed by atoms with Gasteiger partial charge in [0.25, 0.3) is 5.91 Å². The summed E-state index contributed by atoms with van der Waals surface area (Å²) in [5, 5.41) is 7.63. The lowest BCUT2D eigenvalue weighted by atomic mass is 10.2. The van der Waals surface area contributed by atoms with E-state index in [2.05, 4.69) is 15.4 Å². The summed E-state index contributed by atoms with van der Waals surface area (Å²) in [7, 11) is -1.76. The molecule has 10 nitrogen and oxygen atoms in total. The summed E-state index contributed by atoms with van der Waals surface area (Å²) >= 11 is 0. The number of aryl methyl sites for hydroxylation is 2. The molecule has 1 N–H and O–H groups in total. The van der Waals surface area contributed by atoms with Gasteiger partial charge in [-0.2, -0.15) is 9.40 Å². The van der Waals surface area contributed by atoms with Gasteiger partial charge in [0.15, 0.2) is 11.8 Å². The molecular weight excluding hydrogens is 446 g/mol. The number of carbonyl (C=O) groups excluding carboxylic acids is 2. The Balaban J connectivity index is 1.39. The van der Waals surface area contributed by atoms with Crippen LogP contribution in [0.4, 0.5) is 5.69 Å². The first-order valence-electron chi connectivity index (χ1n) is 10.6. The molecule has 2 aromatic heterocycles. The van der Waals surface area contributed by atoms with Crippen molar-refractivity contribution < 1.29 is 22.7 Å². The fourth-order valence-electron chi connectivity index (χ4n) is 3.73. The van der Waals surface area contributed by atoms with Gasteiger partial charge in [-0.05, 0) is 57.0 Å². The van der Waals surface area contributed by atoms with Gasteiger partial charge in [0.05, 0.1) is 16.2 Å². The molecule has 1 atom stereocenters. The summed E-state index contributed by atoms with van der Waals surface area (Å²) in [5.74, 6) is -1.22. The Hall–Kier alpha value is -3.31. The second-order valence-corrected chi connectivity index (χ2v) is 9.91. The van der Waals surface area contributed by atoms with Crippen molar-refractivity contribution in [2.75, 3.05) is 18.4 Å². The zero-order valence-corrected chi connectivity index (χ0v) is 19.4. The SMILES string of the molecule is Cc1nn(C)c2ncc(C(=O)O[C@@H](C)C(=O)Nc3ccc(S(=O)(=O)N4CCCC4)cc3)cc12. The summed E-state index contributed by atoms with van der Waals surface area (Å²) in [6, 6.07) is 7.57. The van der Waals surface area contributed by atoms with E-state index in [1.807, 2.05) is 6.92 Å². The topological polar surface area (TPSA) is 123 Å². The van der Waals surface area contributed by atoms with Crippen molar-refractivity contribution in [2.24, 2.45) is 7.05 Å². The van der Waals surface area contributed by atoms with E-state index in [-0.39, 0.29) is 10.5 Å². The second kappa shape index (κ2) is 8.91. The molecule has 0 aliphatic carbocycles. The number of fused-ring (bicyclic) bond motifs is 1. The monoisotopic (exact) mass is 471 g/mol. The van der Waals surface area contributed by atoms with Crippen LogP contribution >= 0.6 is 0 Å². The van der Waals surface area contributed by atoms with Crippen molar-refractivity contribution in [2.45, 2.75) is 37.7 Å². The Morgan fingerprint density at radius 1 is 1.15 bits per heavy atom. The minimum atomic E-state index is -3.52. The number of nitrogens with one attached hydrogen (secondary N) is 1. The maximum atomic E-state index is 12.6. The number of rotatable bonds is 6. The molecule has 1 saturated heterocycles. The van der Waals surface area contributed by atoms with E-state index in [0.29, 0.717) is 24.4 Å². The summed E-state index contributed by atoms with van der Waals surface area (Å²) in [6.07, 6.45) is 2.03. The van der Waals surface area contributed by atoms with Gasteiger partial charge in [-0.3, -0.25) is 9.48 Å². The normalized spacial score (nSPS) is 15.5. The van der Waals surface area contributed by atoms with E-state index in [1.165, 1.54) is 41.7 Å². The van der Waals surface area contributed by atoms with Gasteiger partial charge < -0.3 is 10.1 Å². The highest BCUT2D eigenvalue weighted by molar-refractivity contribution is 7.89. The van der Waals surface area contributed by atoms with Crippen LogP contribution in [0.25, 0.3) is 11.0 Å². The van der Waals surface area contributed by atoms with E-state index >= 15 is 0 Å². The number of hydrogen-bond acceptors (Lipinski definition) is 7. The third-order valence-electron chi connectivity index (χ3n) is 5.58. The van der Waals surface area contributed by atoms with Gasteiger partial charge in [-0.25, -0.2) is 18.2 Å². The lowest BCUT2D eigenvalue weighted by Crippen LogP contribution is -2.30. The smallest absolute Gasteiger partial charge is 0.340 e. The highest BCUT2D eigenvalue weighted by atomic mass is 32.2. The number of carbonyl (C=O) groups is 2. The Kier molecular flexibility index (Phi) is 6.17. The minimum Gasteiger partial charge on any atom is -0.449 e. The van der Waals surface area contributed by atoms with Crippen LogP contribution in [-0.4, -0.2) is 58.6 Å². The van der Waals surface area contributed by atoms with Crippen molar-refractivity contribution in [3.05, 3.63) is 47.8 Å². The molecule has 1 amide bonds. The van der Waals surface area contributed by atoms with Gasteiger partial charge in [0.2, 0.25) is 10.0 Å². The molecule has 3 aromatic rings. The number of nitrogens with zero attached hydrogens (tertiary/aromatic N) is 4. The van der Waals surface area contributed by atoms with Crippen LogP contribution in [0.15, 0.2) is 41.4 Å². The number of hydrogen-bond donors (Lipinski definition) is 1. The molecule has 0 saturated carbocycles. The van der Waals surface area contributed by atoms with Crippen molar-refractivity contribution in [1.29, 1.82) is 0 Å². The first-order chi connectivity index (χ1) is 15.7. The summed E-state index contributed by atoms with van der Waals surface area (Å²) in [5.41, 5.74) is 1.99. The van der Waals surface area contributed by atoms with Gasteiger partial charge >= 0.3 is 5.97 Å². The third-order valence-corrected chi connectivity index (χ3v) is 7.49. The van der Waals surface area contributed by atoms with E-state index in [1.54, 1.807) is 17.8 Å². The largest absolute Gasteiger partial charge is 0.449 e. The zero-order chi connectivity index (χ0) is 23.8. The maximum Gasteiger partial charge on any atom is 0.340 e. The van der Waals surface area contributed by atoms with E-state index in [4.69, 9.17) is 4.74 Å². The molecule has 174 valence electrons. The fraction of sp³-hybridized carbons (Fsp3) is 0.364. The van der Waals surface area contributed by atoms with Crippen LogP contribution in [0.5, 0.6) is 0 Å². The molecule has 1 fully saturated rings. The van der Waals surface area contributed by atoms with Gasteiger partial charge in [-0.15, -0.1) is 0 Å². The number of ether oxygens (including phenoxy) is 1. The number of pyridine rings is 1. The van der Waals surface area contributed by atoms with E-state index in [9.17, 15) is 18.0 Å². The van der Waals surface area contributed by atoms with Crippen LogP contribution in [0.2, 0.25) is 0 Å². The quantitative estimate of drug-likeness (QED) is 0.547. The average Bonchev–Trinajstić information content (AvgIpc) is 3.43. The third kappa shape index (κ3) is 4.60. The Morgan fingerprint density at radius 2 is 1.82 bits per heavy atom. The lowest BCUT2D eigenvalue weighted by molar-refractivity contribution is -0.123. The average molecular weight is 472 g/mol. The maximum absolute atomic E-state index is 12.6. The molecule has 0 radical (unpaired) electrons.